The smallest absolute Gasteiger partial charge is 0.278 e. The van der Waals surface area contributed by atoms with Gasteiger partial charge in [0.05, 0.1) is 0 Å². The maximum absolute atomic E-state index is 10.1. The van der Waals surface area contributed by atoms with Crippen molar-refractivity contribution in [2.45, 2.75) is 0 Å². The third-order valence-electron chi connectivity index (χ3n) is 1.47. The molecule has 0 heterocycles. The Labute approximate surface area is 93.4 Å². The first-order valence-corrected chi connectivity index (χ1v) is 3.92. The molecule has 2 aromatic rings. The Hall–Kier alpha value is -1.31. The molecule has 0 fully saturated rings. The molecule has 0 bridgehead atoms. The molecule has 0 radical (unpaired) electrons. The van der Waals surface area contributed by atoms with E-state index in [1.165, 1.54) is 0 Å². The van der Waals surface area contributed by atoms with Gasteiger partial charge in [0.15, 0.2) is 0 Å². The summed E-state index contributed by atoms with van der Waals surface area (Å²) >= 11 is 0. The molecule has 0 amide bonds. The standard InChI is InChI=1S/C6H5O2.C5H5.Fe/c7-6(8)5-3-1-2-4-5;1-2-4-5-3-1;/h1-4H,(H,7,8);1-5H;/q2*-1;. The first-order valence-electron chi connectivity index (χ1n) is 3.92. The summed E-state index contributed by atoms with van der Waals surface area (Å²) in [6.45, 7) is 0. The fraction of sp³-hybridized carbons (Fsp3) is 0. The normalized spacial score (nSPS) is 8.00. The van der Waals surface area contributed by atoms with E-state index in [1.54, 1.807) is 24.3 Å². The monoisotopic (exact) mass is 230 g/mol. The van der Waals surface area contributed by atoms with Gasteiger partial charge >= 0.3 is 0 Å². The molecule has 0 aliphatic carbocycles. The van der Waals surface area contributed by atoms with Gasteiger partial charge in [0.1, 0.15) is 0 Å². The second-order valence-corrected chi connectivity index (χ2v) is 2.44. The molecule has 0 atom stereocenters. The topological polar surface area (TPSA) is 37.3 Å². The molecule has 0 aliphatic rings. The summed E-state index contributed by atoms with van der Waals surface area (Å²) in [5.74, 6) is -0.866. The van der Waals surface area contributed by atoms with Gasteiger partial charge in [0.2, 0.25) is 0 Å². The summed E-state index contributed by atoms with van der Waals surface area (Å²) in [5, 5.41) is 8.27. The van der Waals surface area contributed by atoms with Crippen LogP contribution < -0.4 is 0 Å². The maximum Gasteiger partial charge on any atom is 0.278 e. The van der Waals surface area contributed by atoms with E-state index in [4.69, 9.17) is 5.11 Å². The van der Waals surface area contributed by atoms with Gasteiger partial charge in [-0.1, -0.05) is 5.56 Å². The Morgan fingerprint density at radius 2 is 1.57 bits per heavy atom. The minimum atomic E-state index is -0.866. The molecule has 14 heavy (non-hydrogen) atoms. The molecule has 0 spiro atoms. The third kappa shape index (κ3) is 4.65. The number of carboxylic acids is 1. The van der Waals surface area contributed by atoms with Gasteiger partial charge in [-0.25, -0.2) is 24.3 Å². The van der Waals surface area contributed by atoms with Crippen LogP contribution in [0.15, 0.2) is 54.6 Å². The predicted octanol–water partition coefficient (Wildman–Crippen LogP) is 2.51. The van der Waals surface area contributed by atoms with Crippen molar-refractivity contribution in [2.24, 2.45) is 0 Å². The van der Waals surface area contributed by atoms with Gasteiger partial charge in [0.25, 0.3) is 5.97 Å². The van der Waals surface area contributed by atoms with Crippen LogP contribution in [0.25, 0.3) is 0 Å². The number of carbonyl (C=O) groups is 1. The Morgan fingerprint density at radius 3 is 1.79 bits per heavy atom. The number of rotatable bonds is 1. The summed E-state index contributed by atoms with van der Waals surface area (Å²) in [7, 11) is 0. The van der Waals surface area contributed by atoms with Gasteiger partial charge in [0, 0.05) is 17.1 Å². The Kier molecular flexibility index (Phi) is 6.46. The van der Waals surface area contributed by atoms with Crippen molar-refractivity contribution in [3.63, 3.8) is 0 Å². The molecule has 0 saturated carbocycles. The van der Waals surface area contributed by atoms with Crippen LogP contribution in [0.2, 0.25) is 0 Å². The van der Waals surface area contributed by atoms with Crippen LogP contribution in [0.5, 0.6) is 0 Å². The first-order chi connectivity index (χ1) is 6.30. The summed E-state index contributed by atoms with van der Waals surface area (Å²) in [5.41, 5.74) is 0.352. The second-order valence-electron chi connectivity index (χ2n) is 2.44. The average Bonchev–Trinajstić information content (AvgIpc) is 2.82. The number of aromatic carboxylic acids is 1. The van der Waals surface area contributed by atoms with E-state index >= 15 is 0 Å². The van der Waals surface area contributed by atoms with Crippen LogP contribution in [0.1, 0.15) is 10.4 Å². The zero-order valence-corrected chi connectivity index (χ0v) is 8.51. The van der Waals surface area contributed by atoms with Crippen LogP contribution in [0.3, 0.4) is 0 Å². The van der Waals surface area contributed by atoms with Gasteiger partial charge < -0.3 is 5.11 Å². The van der Waals surface area contributed by atoms with E-state index in [2.05, 4.69) is 0 Å². The second kappa shape index (κ2) is 7.13. The van der Waals surface area contributed by atoms with Crippen molar-refractivity contribution >= 4 is 5.97 Å². The molecule has 0 unspecified atom stereocenters. The van der Waals surface area contributed by atoms with Gasteiger partial charge in [-0.05, 0) is 0 Å². The molecule has 0 aromatic heterocycles. The van der Waals surface area contributed by atoms with Gasteiger partial charge in [-0.3, -0.25) is 4.79 Å². The zero-order valence-electron chi connectivity index (χ0n) is 7.41. The Morgan fingerprint density at radius 1 is 1.07 bits per heavy atom. The van der Waals surface area contributed by atoms with E-state index < -0.39 is 5.97 Å². The van der Waals surface area contributed by atoms with E-state index in [9.17, 15) is 4.79 Å². The fourth-order valence-electron chi connectivity index (χ4n) is 0.837. The van der Waals surface area contributed by atoms with Crippen LogP contribution in [0, 0.1) is 0 Å². The molecule has 2 nitrogen and oxygen atoms in total. The van der Waals surface area contributed by atoms with E-state index in [-0.39, 0.29) is 17.1 Å². The molecular formula is C11H10FeO2-2. The minimum Gasteiger partial charge on any atom is -0.487 e. The molecule has 1 N–H and O–H groups in total. The van der Waals surface area contributed by atoms with E-state index in [0.29, 0.717) is 5.56 Å². The van der Waals surface area contributed by atoms with Crippen molar-refractivity contribution in [1.82, 2.24) is 0 Å². The molecular weight excluding hydrogens is 220 g/mol. The van der Waals surface area contributed by atoms with E-state index in [1.807, 2.05) is 30.3 Å². The quantitative estimate of drug-likeness (QED) is 0.603. The molecule has 2 rings (SSSR count). The molecule has 2 aromatic carbocycles. The Bertz CT molecular complexity index is 305. The van der Waals surface area contributed by atoms with Crippen molar-refractivity contribution < 1.29 is 27.0 Å². The SMILES string of the molecule is O=C(O)[c-]1cccc1.[Fe].c1cc[cH-]c1. The zero-order chi connectivity index (χ0) is 9.52. The van der Waals surface area contributed by atoms with Crippen molar-refractivity contribution in [3.8, 4) is 0 Å². The molecule has 76 valence electrons. The van der Waals surface area contributed by atoms with Crippen LogP contribution >= 0.6 is 0 Å². The molecule has 0 aliphatic heterocycles. The summed E-state index contributed by atoms with van der Waals surface area (Å²) < 4.78 is 0. The summed E-state index contributed by atoms with van der Waals surface area (Å²) in [6, 6.07) is 16.5. The van der Waals surface area contributed by atoms with Gasteiger partial charge in [-0.2, -0.15) is 30.3 Å². The fourth-order valence-corrected chi connectivity index (χ4v) is 0.837. The molecule has 3 heteroatoms. The van der Waals surface area contributed by atoms with Crippen LogP contribution in [-0.4, -0.2) is 11.1 Å². The third-order valence-corrected chi connectivity index (χ3v) is 1.47. The maximum atomic E-state index is 10.1. The molecule has 0 saturated heterocycles. The number of hydrogen-bond donors (Lipinski definition) is 1. The number of hydrogen-bond acceptors (Lipinski definition) is 1. The van der Waals surface area contributed by atoms with Crippen LogP contribution in [0.4, 0.5) is 0 Å². The summed E-state index contributed by atoms with van der Waals surface area (Å²) in [6.07, 6.45) is 0. The van der Waals surface area contributed by atoms with E-state index in [0.717, 1.165) is 0 Å². The average molecular weight is 230 g/mol. The van der Waals surface area contributed by atoms with Crippen LogP contribution in [-0.2, 0) is 17.1 Å². The van der Waals surface area contributed by atoms with Crippen molar-refractivity contribution in [3.05, 3.63) is 60.2 Å². The first kappa shape index (κ1) is 12.7. The largest absolute Gasteiger partial charge is 0.487 e. The predicted molar refractivity (Wildman–Crippen MR) is 51.0 cm³/mol. The Balaban J connectivity index is 0.000000246. The van der Waals surface area contributed by atoms with Gasteiger partial charge in [-0.15, -0.1) is 0 Å². The minimum absolute atomic E-state index is 0. The van der Waals surface area contributed by atoms with Crippen molar-refractivity contribution in [2.75, 3.05) is 0 Å². The number of carboxylic acid groups (broad SMARTS) is 1. The van der Waals surface area contributed by atoms with Crippen molar-refractivity contribution in [1.29, 1.82) is 0 Å². The summed E-state index contributed by atoms with van der Waals surface area (Å²) in [4.78, 5) is 10.1.